The van der Waals surface area contributed by atoms with E-state index in [4.69, 9.17) is 15.2 Å². The molecule has 0 aromatic heterocycles. The van der Waals surface area contributed by atoms with Crippen LogP contribution in [-0.2, 0) is 21.4 Å². The lowest BCUT2D eigenvalue weighted by Crippen LogP contribution is -2.39. The van der Waals surface area contributed by atoms with Gasteiger partial charge in [-0.3, -0.25) is 9.59 Å². The molecule has 1 fully saturated rings. The first-order chi connectivity index (χ1) is 13.5. The van der Waals surface area contributed by atoms with Crippen LogP contribution in [-0.4, -0.2) is 25.6 Å². The Morgan fingerprint density at radius 1 is 1.04 bits per heavy atom. The van der Waals surface area contributed by atoms with Gasteiger partial charge in [0.25, 0.3) is 0 Å². The average Bonchev–Trinajstić information content (AvgIpc) is 2.74. The minimum atomic E-state index is -0.636. The number of carbonyl (C=O) groups excluding carboxylic acids is 2. The number of amides is 1. The second kappa shape index (κ2) is 8.91. The zero-order valence-corrected chi connectivity index (χ0v) is 16.3. The van der Waals surface area contributed by atoms with Gasteiger partial charge in [0.15, 0.2) is 0 Å². The Morgan fingerprint density at radius 3 is 2.39 bits per heavy atom. The number of ether oxygens (including phenoxy) is 2. The van der Waals surface area contributed by atoms with Crippen LogP contribution < -0.4 is 10.5 Å². The lowest BCUT2D eigenvalue weighted by atomic mass is 9.69. The summed E-state index contributed by atoms with van der Waals surface area (Å²) in [6.45, 7) is 0.327. The van der Waals surface area contributed by atoms with Crippen LogP contribution >= 0.6 is 0 Å². The van der Waals surface area contributed by atoms with Gasteiger partial charge in [0.2, 0.25) is 5.91 Å². The topological polar surface area (TPSA) is 78.6 Å². The summed E-state index contributed by atoms with van der Waals surface area (Å²) in [4.78, 5) is 24.5. The molecule has 2 N–H and O–H groups in total. The quantitative estimate of drug-likeness (QED) is 0.740. The van der Waals surface area contributed by atoms with Crippen LogP contribution in [0.1, 0.15) is 53.6 Å². The van der Waals surface area contributed by atoms with E-state index in [0.29, 0.717) is 18.6 Å². The molecule has 5 heteroatoms. The minimum Gasteiger partial charge on any atom is -0.497 e. The van der Waals surface area contributed by atoms with Crippen LogP contribution in [0.25, 0.3) is 0 Å². The standard InChI is InChI=1S/C23H27NO4/c1-27-20-7-5-6-17(16-20)12-15-28-22(26)23(13-3-2-4-14-23)19-10-8-18(9-11-19)21(24)25/h5-11,16H,2-4,12-15H2,1H3,(H2,24,25). The van der Waals surface area contributed by atoms with Crippen LogP contribution in [0.3, 0.4) is 0 Å². The van der Waals surface area contributed by atoms with Crippen molar-refractivity contribution in [2.24, 2.45) is 5.73 Å². The van der Waals surface area contributed by atoms with Crippen molar-refractivity contribution in [1.29, 1.82) is 0 Å². The summed E-state index contributed by atoms with van der Waals surface area (Å²) in [5, 5.41) is 0. The number of methoxy groups -OCH3 is 1. The highest BCUT2D eigenvalue weighted by Gasteiger charge is 2.42. The summed E-state index contributed by atoms with van der Waals surface area (Å²) in [5.41, 5.74) is 7.12. The van der Waals surface area contributed by atoms with E-state index in [2.05, 4.69) is 0 Å². The first kappa shape index (κ1) is 19.9. The van der Waals surface area contributed by atoms with Crippen LogP contribution in [0, 0.1) is 0 Å². The molecule has 3 rings (SSSR count). The fraction of sp³-hybridized carbons (Fsp3) is 0.391. The Bertz CT molecular complexity index is 823. The van der Waals surface area contributed by atoms with E-state index in [9.17, 15) is 9.59 Å². The summed E-state index contributed by atoms with van der Waals surface area (Å²) in [6, 6.07) is 14.8. The number of hydrogen-bond donors (Lipinski definition) is 1. The van der Waals surface area contributed by atoms with Crippen molar-refractivity contribution in [2.45, 2.75) is 43.9 Å². The number of nitrogens with two attached hydrogens (primary N) is 1. The van der Waals surface area contributed by atoms with Crippen molar-refractivity contribution in [1.82, 2.24) is 0 Å². The molecule has 28 heavy (non-hydrogen) atoms. The van der Waals surface area contributed by atoms with E-state index in [1.807, 2.05) is 36.4 Å². The summed E-state index contributed by atoms with van der Waals surface area (Å²) in [5.74, 6) is 0.147. The predicted molar refractivity (Wildman–Crippen MR) is 107 cm³/mol. The highest BCUT2D eigenvalue weighted by molar-refractivity contribution is 5.93. The molecule has 0 spiro atoms. The van der Waals surface area contributed by atoms with Gasteiger partial charge in [-0.05, 0) is 48.2 Å². The molecule has 1 saturated carbocycles. The van der Waals surface area contributed by atoms with Gasteiger partial charge < -0.3 is 15.2 Å². The lowest BCUT2D eigenvalue weighted by molar-refractivity contribution is -0.152. The van der Waals surface area contributed by atoms with Gasteiger partial charge in [-0.15, -0.1) is 0 Å². The van der Waals surface area contributed by atoms with Crippen molar-refractivity contribution >= 4 is 11.9 Å². The number of carbonyl (C=O) groups is 2. The van der Waals surface area contributed by atoms with Gasteiger partial charge in [-0.2, -0.15) is 0 Å². The summed E-state index contributed by atoms with van der Waals surface area (Å²) < 4.78 is 11.0. The molecule has 0 heterocycles. The molecule has 2 aromatic rings. The highest BCUT2D eigenvalue weighted by atomic mass is 16.5. The maximum atomic E-state index is 13.1. The zero-order valence-electron chi connectivity index (χ0n) is 16.3. The number of rotatable bonds is 7. The van der Waals surface area contributed by atoms with Crippen molar-refractivity contribution in [2.75, 3.05) is 13.7 Å². The summed E-state index contributed by atoms with van der Waals surface area (Å²) in [7, 11) is 1.63. The van der Waals surface area contributed by atoms with Crippen LogP contribution in [0.5, 0.6) is 5.75 Å². The third-order valence-corrected chi connectivity index (χ3v) is 5.58. The fourth-order valence-corrected chi connectivity index (χ4v) is 3.95. The predicted octanol–water partition coefficient (Wildman–Crippen LogP) is 3.78. The third kappa shape index (κ3) is 4.35. The number of benzene rings is 2. The van der Waals surface area contributed by atoms with Gasteiger partial charge in [0, 0.05) is 12.0 Å². The molecular formula is C23H27NO4. The van der Waals surface area contributed by atoms with E-state index >= 15 is 0 Å². The van der Waals surface area contributed by atoms with Crippen molar-refractivity contribution in [3.8, 4) is 5.75 Å². The van der Waals surface area contributed by atoms with E-state index in [1.54, 1.807) is 19.2 Å². The molecule has 0 atom stereocenters. The molecule has 1 aliphatic rings. The van der Waals surface area contributed by atoms with Crippen LogP contribution in [0.4, 0.5) is 0 Å². The summed E-state index contributed by atoms with van der Waals surface area (Å²) in [6.07, 6.45) is 5.27. The number of hydrogen-bond acceptors (Lipinski definition) is 4. The smallest absolute Gasteiger partial charge is 0.316 e. The maximum Gasteiger partial charge on any atom is 0.316 e. The van der Waals surface area contributed by atoms with E-state index in [-0.39, 0.29) is 5.97 Å². The lowest BCUT2D eigenvalue weighted by Gasteiger charge is -2.35. The first-order valence-electron chi connectivity index (χ1n) is 9.76. The molecule has 5 nitrogen and oxygen atoms in total. The molecule has 148 valence electrons. The maximum absolute atomic E-state index is 13.1. The fourth-order valence-electron chi connectivity index (χ4n) is 3.95. The molecule has 0 bridgehead atoms. The monoisotopic (exact) mass is 381 g/mol. The Hall–Kier alpha value is -2.82. The van der Waals surface area contributed by atoms with E-state index < -0.39 is 11.3 Å². The summed E-state index contributed by atoms with van der Waals surface area (Å²) >= 11 is 0. The highest BCUT2D eigenvalue weighted by Crippen LogP contribution is 2.40. The number of esters is 1. The second-order valence-corrected chi connectivity index (χ2v) is 7.32. The molecule has 0 unspecified atom stereocenters. The first-order valence-corrected chi connectivity index (χ1v) is 9.76. The van der Waals surface area contributed by atoms with Gasteiger partial charge in [-0.25, -0.2) is 0 Å². The van der Waals surface area contributed by atoms with Crippen molar-refractivity contribution in [3.63, 3.8) is 0 Å². The van der Waals surface area contributed by atoms with Crippen molar-refractivity contribution in [3.05, 3.63) is 65.2 Å². The largest absolute Gasteiger partial charge is 0.497 e. The van der Waals surface area contributed by atoms with Gasteiger partial charge in [0.05, 0.1) is 19.1 Å². The molecule has 1 amide bonds. The van der Waals surface area contributed by atoms with Gasteiger partial charge in [0.1, 0.15) is 5.75 Å². The van der Waals surface area contributed by atoms with Gasteiger partial charge in [-0.1, -0.05) is 43.5 Å². The Balaban J connectivity index is 1.71. The van der Waals surface area contributed by atoms with Crippen molar-refractivity contribution < 1.29 is 19.1 Å². The average molecular weight is 381 g/mol. The molecule has 1 aliphatic carbocycles. The SMILES string of the molecule is COc1cccc(CCOC(=O)C2(c3ccc(C(N)=O)cc3)CCCCC2)c1. The second-order valence-electron chi connectivity index (χ2n) is 7.32. The van der Waals surface area contributed by atoms with Crippen LogP contribution in [0.15, 0.2) is 48.5 Å². The molecule has 2 aromatic carbocycles. The Morgan fingerprint density at radius 2 is 1.75 bits per heavy atom. The number of primary amides is 1. The van der Waals surface area contributed by atoms with E-state index in [1.165, 1.54) is 0 Å². The molecule has 0 radical (unpaired) electrons. The Kier molecular flexibility index (Phi) is 6.34. The van der Waals surface area contributed by atoms with E-state index in [0.717, 1.165) is 49.0 Å². The molecule has 0 aliphatic heterocycles. The zero-order chi connectivity index (χ0) is 20.0. The van der Waals surface area contributed by atoms with Gasteiger partial charge >= 0.3 is 5.97 Å². The minimum absolute atomic E-state index is 0.179. The normalized spacial score (nSPS) is 15.6. The Labute approximate surface area is 165 Å². The van der Waals surface area contributed by atoms with Crippen LogP contribution in [0.2, 0.25) is 0 Å². The molecular weight excluding hydrogens is 354 g/mol. The molecule has 0 saturated heterocycles. The third-order valence-electron chi connectivity index (χ3n) is 5.58.